The molecule has 6 rings (SSSR count). The Morgan fingerprint density at radius 3 is 2.35 bits per heavy atom. The summed E-state index contributed by atoms with van der Waals surface area (Å²) >= 11 is 14.3. The van der Waals surface area contributed by atoms with Gasteiger partial charge in [-0.25, -0.2) is 4.68 Å². The molecule has 0 spiro atoms. The van der Waals surface area contributed by atoms with Crippen molar-refractivity contribution >= 4 is 52.5 Å². The van der Waals surface area contributed by atoms with E-state index in [1.165, 1.54) is 11.8 Å². The molecule has 2 heterocycles. The van der Waals surface area contributed by atoms with E-state index in [0.29, 0.717) is 56.3 Å². The van der Waals surface area contributed by atoms with Gasteiger partial charge in [-0.3, -0.25) is 4.79 Å². The number of carbonyl (C=O) groups excluding carboxylic acids is 1. The number of aromatic nitrogens is 3. The van der Waals surface area contributed by atoms with Crippen molar-refractivity contribution in [3.63, 3.8) is 0 Å². The van der Waals surface area contributed by atoms with Gasteiger partial charge in [-0.2, -0.15) is 4.98 Å². The van der Waals surface area contributed by atoms with Crippen LogP contribution in [-0.2, 0) is 17.2 Å². The third kappa shape index (κ3) is 7.33. The Kier molecular flexibility index (Phi) is 10.3. The van der Waals surface area contributed by atoms with Crippen LogP contribution in [0.5, 0.6) is 11.5 Å². The van der Waals surface area contributed by atoms with Crippen LogP contribution in [0.1, 0.15) is 47.7 Å². The quantitative estimate of drug-likeness (QED) is 0.133. The number of nitrogens with one attached hydrogen (secondary N) is 2. The van der Waals surface area contributed by atoms with E-state index in [1.54, 1.807) is 4.68 Å². The molecule has 0 saturated carbocycles. The summed E-state index contributed by atoms with van der Waals surface area (Å²) in [6.07, 6.45) is 0. The predicted octanol–water partition coefficient (Wildman–Crippen LogP) is 9.40. The van der Waals surface area contributed by atoms with E-state index < -0.39 is 6.04 Å². The Balaban J connectivity index is 1.37. The Labute approximate surface area is 294 Å². The first-order valence-electron chi connectivity index (χ1n) is 15.5. The molecule has 1 unspecified atom stereocenters. The standard InChI is InChI=1S/C37H35Cl2N5O3S/c1-5-46-32-19-25(15-17-31(32)47-20-26-10-6-8-12-28(26)38)34-33(35(45)41-30-16-14-22(2)18-23(30)3)24(4)40-36-42-37(43-44(34)36)48-21-27-11-7-9-13-29(27)39/h6-19,34H,5,20-21H2,1-4H3,(H,41,45)(H,40,42,43). The number of anilines is 2. The molecule has 11 heteroatoms. The highest BCUT2D eigenvalue weighted by atomic mass is 35.5. The SMILES string of the molecule is CCOc1cc(C2C(C(=O)Nc3ccc(C)cc3C)=C(C)Nc3nc(SCc4ccccc4Cl)nn32)ccc1OCc1ccccc1Cl. The van der Waals surface area contributed by atoms with Crippen LogP contribution in [-0.4, -0.2) is 27.3 Å². The molecule has 1 amide bonds. The summed E-state index contributed by atoms with van der Waals surface area (Å²) in [5, 5.41) is 13.2. The summed E-state index contributed by atoms with van der Waals surface area (Å²) in [7, 11) is 0. The van der Waals surface area contributed by atoms with Crippen LogP contribution in [0, 0.1) is 13.8 Å². The Hall–Kier alpha value is -4.44. The topological polar surface area (TPSA) is 90.3 Å². The first-order chi connectivity index (χ1) is 23.2. The Morgan fingerprint density at radius 1 is 0.917 bits per heavy atom. The van der Waals surface area contributed by atoms with Gasteiger partial charge in [-0.1, -0.05) is 95.1 Å². The summed E-state index contributed by atoms with van der Waals surface area (Å²) in [4.78, 5) is 19.0. The fourth-order valence-electron chi connectivity index (χ4n) is 5.55. The predicted molar refractivity (Wildman–Crippen MR) is 193 cm³/mol. The highest BCUT2D eigenvalue weighted by Gasteiger charge is 2.35. The number of rotatable bonds is 11. The molecule has 5 aromatic rings. The van der Waals surface area contributed by atoms with Crippen LogP contribution < -0.4 is 20.1 Å². The lowest BCUT2D eigenvalue weighted by Crippen LogP contribution is -2.31. The highest BCUT2D eigenvalue weighted by Crippen LogP contribution is 2.41. The van der Waals surface area contributed by atoms with Crippen molar-refractivity contribution in [2.45, 2.75) is 51.3 Å². The second-order valence-corrected chi connectivity index (χ2v) is 13.2. The average molecular weight is 701 g/mol. The van der Waals surface area contributed by atoms with E-state index in [4.69, 9.17) is 42.8 Å². The minimum Gasteiger partial charge on any atom is -0.490 e. The van der Waals surface area contributed by atoms with Gasteiger partial charge in [-0.05, 0) is 74.7 Å². The summed E-state index contributed by atoms with van der Waals surface area (Å²) in [5.41, 5.74) is 6.63. The number of carbonyl (C=O) groups is 1. The van der Waals surface area contributed by atoms with Crippen LogP contribution in [0.2, 0.25) is 10.0 Å². The molecule has 0 saturated heterocycles. The molecular formula is C37H35Cl2N5O3S. The lowest BCUT2D eigenvalue weighted by Gasteiger charge is -2.29. The molecule has 1 atom stereocenters. The van der Waals surface area contributed by atoms with E-state index in [9.17, 15) is 4.79 Å². The maximum Gasteiger partial charge on any atom is 0.255 e. The zero-order chi connectivity index (χ0) is 33.8. The largest absolute Gasteiger partial charge is 0.490 e. The van der Waals surface area contributed by atoms with Crippen molar-refractivity contribution in [1.29, 1.82) is 0 Å². The minimum absolute atomic E-state index is 0.250. The minimum atomic E-state index is -0.619. The van der Waals surface area contributed by atoms with Crippen LogP contribution in [0.15, 0.2) is 101 Å². The average Bonchev–Trinajstić information content (AvgIpc) is 3.47. The number of hydrogen-bond acceptors (Lipinski definition) is 7. The van der Waals surface area contributed by atoms with E-state index in [0.717, 1.165) is 33.5 Å². The number of thioether (sulfide) groups is 1. The Bertz CT molecular complexity index is 2010. The third-order valence-corrected chi connectivity index (χ3v) is 9.57. The fraction of sp³-hybridized carbons (Fsp3) is 0.216. The Morgan fingerprint density at radius 2 is 1.65 bits per heavy atom. The van der Waals surface area contributed by atoms with Crippen molar-refractivity contribution in [3.05, 3.63) is 134 Å². The monoisotopic (exact) mass is 699 g/mol. The fourth-order valence-corrected chi connectivity index (χ4v) is 6.85. The van der Waals surface area contributed by atoms with Crippen molar-refractivity contribution in [3.8, 4) is 11.5 Å². The molecule has 8 nitrogen and oxygen atoms in total. The first-order valence-corrected chi connectivity index (χ1v) is 17.3. The van der Waals surface area contributed by atoms with Gasteiger partial charge in [0.25, 0.3) is 5.91 Å². The van der Waals surface area contributed by atoms with Gasteiger partial charge in [0.05, 0.1) is 12.2 Å². The molecule has 0 aliphatic carbocycles. The van der Waals surface area contributed by atoms with E-state index >= 15 is 0 Å². The number of fused-ring (bicyclic) bond motifs is 1. The normalized spacial score (nSPS) is 13.9. The van der Waals surface area contributed by atoms with E-state index in [2.05, 4.69) is 10.6 Å². The molecule has 1 aliphatic heterocycles. The van der Waals surface area contributed by atoms with Crippen molar-refractivity contribution in [2.24, 2.45) is 0 Å². The molecule has 0 bridgehead atoms. The number of amides is 1. The summed E-state index contributed by atoms with van der Waals surface area (Å²) < 4.78 is 14.0. The molecule has 0 fully saturated rings. The van der Waals surface area contributed by atoms with Gasteiger partial charge in [0.1, 0.15) is 12.6 Å². The van der Waals surface area contributed by atoms with Gasteiger partial charge in [-0.15, -0.1) is 5.10 Å². The van der Waals surface area contributed by atoms with E-state index in [1.807, 2.05) is 113 Å². The highest BCUT2D eigenvalue weighted by molar-refractivity contribution is 7.98. The number of benzene rings is 4. The van der Waals surface area contributed by atoms with Crippen molar-refractivity contribution < 1.29 is 14.3 Å². The maximum atomic E-state index is 14.2. The maximum absolute atomic E-state index is 14.2. The molecular weight excluding hydrogens is 665 g/mol. The van der Waals surface area contributed by atoms with Crippen LogP contribution in [0.3, 0.4) is 0 Å². The number of ether oxygens (including phenoxy) is 2. The van der Waals surface area contributed by atoms with Gasteiger partial charge in [0, 0.05) is 32.7 Å². The molecule has 48 heavy (non-hydrogen) atoms. The summed E-state index contributed by atoms with van der Waals surface area (Å²) in [5.74, 6) is 1.97. The van der Waals surface area contributed by atoms with Crippen LogP contribution in [0.4, 0.5) is 11.6 Å². The van der Waals surface area contributed by atoms with Crippen LogP contribution in [0.25, 0.3) is 0 Å². The smallest absolute Gasteiger partial charge is 0.255 e. The molecule has 0 radical (unpaired) electrons. The molecule has 1 aliphatic rings. The number of halogens is 2. The number of allylic oxidation sites excluding steroid dienone is 1. The molecule has 4 aromatic carbocycles. The summed E-state index contributed by atoms with van der Waals surface area (Å²) in [6, 6.07) is 26.3. The van der Waals surface area contributed by atoms with Gasteiger partial charge < -0.3 is 20.1 Å². The second kappa shape index (κ2) is 14.8. The molecule has 246 valence electrons. The lowest BCUT2D eigenvalue weighted by molar-refractivity contribution is -0.113. The van der Waals surface area contributed by atoms with Gasteiger partial charge in [0.15, 0.2) is 11.5 Å². The molecule has 2 N–H and O–H groups in total. The zero-order valence-corrected chi connectivity index (χ0v) is 29.3. The third-order valence-electron chi connectivity index (χ3n) is 7.95. The number of aryl methyl sites for hydroxylation is 2. The number of hydrogen-bond donors (Lipinski definition) is 2. The molecule has 1 aromatic heterocycles. The van der Waals surface area contributed by atoms with Crippen molar-refractivity contribution in [1.82, 2.24) is 14.8 Å². The van der Waals surface area contributed by atoms with Crippen molar-refractivity contribution in [2.75, 3.05) is 17.2 Å². The number of nitrogens with zero attached hydrogens (tertiary/aromatic N) is 3. The lowest BCUT2D eigenvalue weighted by atomic mass is 9.94. The van der Waals surface area contributed by atoms with Gasteiger partial charge >= 0.3 is 0 Å². The van der Waals surface area contributed by atoms with Gasteiger partial charge in [0.2, 0.25) is 11.1 Å². The zero-order valence-electron chi connectivity index (χ0n) is 27.0. The summed E-state index contributed by atoms with van der Waals surface area (Å²) in [6.45, 7) is 8.49. The van der Waals surface area contributed by atoms with Crippen LogP contribution >= 0.6 is 35.0 Å². The second-order valence-electron chi connectivity index (χ2n) is 11.4. The first kappa shape index (κ1) is 33.5. The van der Waals surface area contributed by atoms with E-state index in [-0.39, 0.29) is 12.5 Å².